The van der Waals surface area contributed by atoms with Gasteiger partial charge in [0.05, 0.1) is 27.6 Å². The number of carbonyl (C=O) groups is 1. The molecule has 1 heterocycles. The highest BCUT2D eigenvalue weighted by atomic mass is 35.5. The average Bonchev–Trinajstić information content (AvgIpc) is 2.34. The predicted molar refractivity (Wildman–Crippen MR) is 71.2 cm³/mol. The van der Waals surface area contributed by atoms with E-state index in [4.69, 9.17) is 23.2 Å². The van der Waals surface area contributed by atoms with Crippen LogP contribution < -0.4 is 5.32 Å². The van der Waals surface area contributed by atoms with Crippen molar-refractivity contribution < 1.29 is 4.79 Å². The summed E-state index contributed by atoms with van der Waals surface area (Å²) in [6.07, 6.45) is 2.92. The number of para-hydroxylation sites is 1. The number of benzene rings is 1. The predicted octanol–water partition coefficient (Wildman–Crippen LogP) is 3.34. The zero-order chi connectivity index (χ0) is 13.1. The third-order valence-corrected chi connectivity index (χ3v) is 2.84. The molecule has 0 saturated heterocycles. The highest BCUT2D eigenvalue weighted by Gasteiger charge is 2.12. The van der Waals surface area contributed by atoms with Crippen LogP contribution in [-0.4, -0.2) is 15.9 Å². The Balaban J connectivity index is 2.24. The molecule has 0 aliphatic heterocycles. The van der Waals surface area contributed by atoms with E-state index in [0.717, 1.165) is 5.69 Å². The van der Waals surface area contributed by atoms with Crippen LogP contribution in [0.15, 0.2) is 30.6 Å². The van der Waals surface area contributed by atoms with Gasteiger partial charge in [0, 0.05) is 6.20 Å². The Hall–Kier alpha value is -1.65. The topological polar surface area (TPSA) is 54.9 Å². The van der Waals surface area contributed by atoms with Crippen molar-refractivity contribution in [3.05, 3.63) is 52.0 Å². The van der Waals surface area contributed by atoms with Crippen LogP contribution in [0.3, 0.4) is 0 Å². The summed E-state index contributed by atoms with van der Waals surface area (Å²) in [7, 11) is 0. The lowest BCUT2D eigenvalue weighted by molar-refractivity contribution is 0.102. The van der Waals surface area contributed by atoms with Gasteiger partial charge in [0.2, 0.25) is 0 Å². The van der Waals surface area contributed by atoms with Gasteiger partial charge in [0.1, 0.15) is 5.69 Å². The molecule has 18 heavy (non-hydrogen) atoms. The summed E-state index contributed by atoms with van der Waals surface area (Å²) >= 11 is 11.9. The fourth-order valence-corrected chi connectivity index (χ4v) is 1.80. The van der Waals surface area contributed by atoms with Crippen LogP contribution in [0.2, 0.25) is 10.0 Å². The summed E-state index contributed by atoms with van der Waals surface area (Å²) in [5.74, 6) is -0.405. The van der Waals surface area contributed by atoms with Crippen molar-refractivity contribution in [1.82, 2.24) is 9.97 Å². The second kappa shape index (κ2) is 5.33. The van der Waals surface area contributed by atoms with Gasteiger partial charge in [-0.3, -0.25) is 9.78 Å². The molecule has 1 amide bonds. The number of nitrogens with one attached hydrogen (secondary N) is 1. The van der Waals surface area contributed by atoms with Gasteiger partial charge in [-0.15, -0.1) is 0 Å². The minimum atomic E-state index is -0.405. The van der Waals surface area contributed by atoms with Gasteiger partial charge in [0.15, 0.2) is 0 Å². The molecule has 1 aromatic heterocycles. The Kier molecular flexibility index (Phi) is 3.79. The molecule has 0 aliphatic rings. The van der Waals surface area contributed by atoms with Crippen molar-refractivity contribution in [1.29, 1.82) is 0 Å². The number of hydrogen-bond donors (Lipinski definition) is 1. The minimum absolute atomic E-state index is 0.205. The van der Waals surface area contributed by atoms with Gasteiger partial charge < -0.3 is 5.32 Å². The Morgan fingerprint density at radius 2 is 1.83 bits per heavy atom. The molecular formula is C12H9Cl2N3O. The number of aromatic nitrogens is 2. The number of anilines is 1. The Morgan fingerprint density at radius 1 is 1.17 bits per heavy atom. The van der Waals surface area contributed by atoms with Crippen LogP contribution in [0.4, 0.5) is 5.69 Å². The monoisotopic (exact) mass is 281 g/mol. The second-order valence-corrected chi connectivity index (χ2v) is 4.41. The largest absolute Gasteiger partial charge is 0.318 e. The molecule has 0 radical (unpaired) electrons. The molecular weight excluding hydrogens is 273 g/mol. The molecule has 0 saturated carbocycles. The fourth-order valence-electron chi connectivity index (χ4n) is 1.30. The first-order valence-electron chi connectivity index (χ1n) is 5.12. The summed E-state index contributed by atoms with van der Waals surface area (Å²) in [6, 6.07) is 4.99. The standard InChI is InChI=1S/C12H9Cl2N3O/c1-7-5-16-10(6-15-7)12(18)17-11-8(13)3-2-4-9(11)14/h2-6H,1H3,(H,17,18). The SMILES string of the molecule is Cc1cnc(C(=O)Nc2c(Cl)cccc2Cl)cn1. The van der Waals surface area contributed by atoms with Crippen LogP contribution in [0, 0.1) is 6.92 Å². The Labute approximate surface area is 114 Å². The van der Waals surface area contributed by atoms with E-state index in [1.54, 1.807) is 25.1 Å². The number of rotatable bonds is 2. The summed E-state index contributed by atoms with van der Waals surface area (Å²) in [5, 5.41) is 3.35. The average molecular weight is 282 g/mol. The van der Waals surface area contributed by atoms with Gasteiger partial charge in [-0.1, -0.05) is 29.3 Å². The molecule has 0 bridgehead atoms. The van der Waals surface area contributed by atoms with Gasteiger partial charge >= 0.3 is 0 Å². The first-order valence-corrected chi connectivity index (χ1v) is 5.87. The van der Waals surface area contributed by atoms with Gasteiger partial charge in [-0.2, -0.15) is 0 Å². The maximum absolute atomic E-state index is 11.9. The van der Waals surface area contributed by atoms with E-state index in [0.29, 0.717) is 15.7 Å². The normalized spacial score (nSPS) is 10.2. The molecule has 0 aliphatic carbocycles. The lowest BCUT2D eigenvalue weighted by Crippen LogP contribution is -2.14. The van der Waals surface area contributed by atoms with Crippen LogP contribution >= 0.6 is 23.2 Å². The lowest BCUT2D eigenvalue weighted by atomic mass is 10.3. The number of nitrogens with zero attached hydrogens (tertiary/aromatic N) is 2. The number of carbonyl (C=O) groups excluding carboxylic acids is 1. The third kappa shape index (κ3) is 2.78. The van der Waals surface area contributed by atoms with E-state index in [9.17, 15) is 4.79 Å². The zero-order valence-corrected chi connectivity index (χ0v) is 11.0. The van der Waals surface area contributed by atoms with Crippen LogP contribution in [0.1, 0.15) is 16.2 Å². The van der Waals surface area contributed by atoms with E-state index in [1.807, 2.05) is 0 Å². The quantitative estimate of drug-likeness (QED) is 0.919. The summed E-state index contributed by atoms with van der Waals surface area (Å²) in [5.41, 5.74) is 1.31. The van der Waals surface area contributed by atoms with Crippen molar-refractivity contribution in [3.63, 3.8) is 0 Å². The van der Waals surface area contributed by atoms with E-state index >= 15 is 0 Å². The zero-order valence-electron chi connectivity index (χ0n) is 9.45. The van der Waals surface area contributed by atoms with Gasteiger partial charge in [-0.25, -0.2) is 4.98 Å². The van der Waals surface area contributed by atoms with Gasteiger partial charge in [-0.05, 0) is 19.1 Å². The van der Waals surface area contributed by atoms with Crippen molar-refractivity contribution in [2.24, 2.45) is 0 Å². The third-order valence-electron chi connectivity index (χ3n) is 2.21. The molecule has 0 spiro atoms. The molecule has 0 fully saturated rings. The highest BCUT2D eigenvalue weighted by molar-refractivity contribution is 6.39. The summed E-state index contributed by atoms with van der Waals surface area (Å²) < 4.78 is 0. The van der Waals surface area contributed by atoms with Crippen LogP contribution in [-0.2, 0) is 0 Å². The Bertz CT molecular complexity index is 564. The van der Waals surface area contributed by atoms with Gasteiger partial charge in [0.25, 0.3) is 5.91 Å². The second-order valence-electron chi connectivity index (χ2n) is 3.59. The number of halogens is 2. The summed E-state index contributed by atoms with van der Waals surface area (Å²) in [4.78, 5) is 19.9. The van der Waals surface area contributed by atoms with Crippen molar-refractivity contribution in [2.45, 2.75) is 6.92 Å². The van der Waals surface area contributed by atoms with E-state index in [2.05, 4.69) is 15.3 Å². The van der Waals surface area contributed by atoms with Crippen LogP contribution in [0.25, 0.3) is 0 Å². The number of aryl methyl sites for hydroxylation is 1. The molecule has 4 nitrogen and oxygen atoms in total. The first kappa shape index (κ1) is 12.8. The smallest absolute Gasteiger partial charge is 0.275 e. The Morgan fingerprint density at radius 3 is 2.39 bits per heavy atom. The molecule has 0 unspecified atom stereocenters. The molecule has 2 aromatic rings. The molecule has 2 rings (SSSR count). The number of amides is 1. The van der Waals surface area contributed by atoms with E-state index in [-0.39, 0.29) is 5.69 Å². The highest BCUT2D eigenvalue weighted by Crippen LogP contribution is 2.29. The van der Waals surface area contributed by atoms with E-state index < -0.39 is 5.91 Å². The van der Waals surface area contributed by atoms with Crippen molar-refractivity contribution in [3.8, 4) is 0 Å². The minimum Gasteiger partial charge on any atom is -0.318 e. The maximum atomic E-state index is 11.9. The molecule has 0 atom stereocenters. The van der Waals surface area contributed by atoms with E-state index in [1.165, 1.54) is 12.4 Å². The molecule has 1 N–H and O–H groups in total. The number of hydrogen-bond acceptors (Lipinski definition) is 3. The fraction of sp³-hybridized carbons (Fsp3) is 0.0833. The molecule has 1 aromatic carbocycles. The molecule has 6 heteroatoms. The molecule has 92 valence electrons. The van der Waals surface area contributed by atoms with Crippen molar-refractivity contribution >= 4 is 34.8 Å². The first-order chi connectivity index (χ1) is 8.58. The lowest BCUT2D eigenvalue weighted by Gasteiger charge is -2.08. The van der Waals surface area contributed by atoms with Crippen molar-refractivity contribution in [2.75, 3.05) is 5.32 Å². The maximum Gasteiger partial charge on any atom is 0.275 e. The summed E-state index contributed by atoms with van der Waals surface area (Å²) in [6.45, 7) is 1.79. The van der Waals surface area contributed by atoms with Crippen LogP contribution in [0.5, 0.6) is 0 Å².